The van der Waals surface area contributed by atoms with Gasteiger partial charge in [0.2, 0.25) is 5.91 Å². The maximum atomic E-state index is 11.8. The Morgan fingerprint density at radius 3 is 2.50 bits per heavy atom. The van der Waals surface area contributed by atoms with Crippen molar-refractivity contribution in [1.29, 1.82) is 0 Å². The van der Waals surface area contributed by atoms with E-state index in [1.54, 1.807) is 12.1 Å². The van der Waals surface area contributed by atoms with Gasteiger partial charge in [0.1, 0.15) is 0 Å². The van der Waals surface area contributed by atoms with Crippen molar-refractivity contribution < 1.29 is 14.7 Å². The first-order valence-electron chi connectivity index (χ1n) is 5.94. The molecule has 0 spiro atoms. The van der Waals surface area contributed by atoms with Crippen LogP contribution in [0.25, 0.3) is 0 Å². The normalized spacial score (nSPS) is 10.0. The lowest BCUT2D eigenvalue weighted by Gasteiger charge is -2.08. The summed E-state index contributed by atoms with van der Waals surface area (Å²) in [5.74, 6) is -1.19. The van der Waals surface area contributed by atoms with Crippen molar-refractivity contribution in [3.05, 3.63) is 60.2 Å². The molecule has 20 heavy (non-hydrogen) atoms. The number of amides is 1. The number of thioether (sulfide) groups is 1. The SMILES string of the molecule is O=C(CSc1ccccc1)Nc1cccc(C(=O)[O-])c1. The molecule has 0 aliphatic rings. The molecule has 102 valence electrons. The highest BCUT2D eigenvalue weighted by Crippen LogP contribution is 2.17. The van der Waals surface area contributed by atoms with Crippen LogP contribution in [-0.2, 0) is 4.79 Å². The summed E-state index contributed by atoms with van der Waals surface area (Å²) < 4.78 is 0. The molecule has 4 nitrogen and oxygen atoms in total. The summed E-state index contributed by atoms with van der Waals surface area (Å²) in [6.45, 7) is 0. The van der Waals surface area contributed by atoms with E-state index in [0.717, 1.165) is 4.90 Å². The first-order chi connectivity index (χ1) is 9.65. The standard InChI is InChI=1S/C15H13NO3S/c17-14(10-20-13-7-2-1-3-8-13)16-12-6-4-5-11(9-12)15(18)19/h1-9H,10H2,(H,16,17)(H,18,19)/p-1. The fourth-order valence-electron chi connectivity index (χ4n) is 1.59. The third-order valence-electron chi connectivity index (χ3n) is 2.50. The van der Waals surface area contributed by atoms with E-state index in [4.69, 9.17) is 0 Å². The van der Waals surface area contributed by atoms with Gasteiger partial charge in [-0.05, 0) is 29.8 Å². The minimum atomic E-state index is -1.26. The quantitative estimate of drug-likeness (QED) is 0.851. The van der Waals surface area contributed by atoms with Crippen LogP contribution in [0, 0.1) is 0 Å². The highest BCUT2D eigenvalue weighted by atomic mass is 32.2. The van der Waals surface area contributed by atoms with E-state index in [9.17, 15) is 14.7 Å². The van der Waals surface area contributed by atoms with E-state index in [1.807, 2.05) is 30.3 Å². The lowest BCUT2D eigenvalue weighted by molar-refractivity contribution is -0.255. The number of hydrogen-bond acceptors (Lipinski definition) is 4. The van der Waals surface area contributed by atoms with Crippen LogP contribution in [0.4, 0.5) is 5.69 Å². The Morgan fingerprint density at radius 2 is 1.80 bits per heavy atom. The Morgan fingerprint density at radius 1 is 1.05 bits per heavy atom. The first kappa shape index (κ1) is 14.1. The van der Waals surface area contributed by atoms with Crippen LogP contribution in [-0.4, -0.2) is 17.6 Å². The van der Waals surface area contributed by atoms with Crippen LogP contribution >= 0.6 is 11.8 Å². The number of carbonyl (C=O) groups excluding carboxylic acids is 2. The van der Waals surface area contributed by atoms with Crippen molar-refractivity contribution >= 4 is 29.3 Å². The molecule has 0 fully saturated rings. The van der Waals surface area contributed by atoms with Crippen LogP contribution in [0.1, 0.15) is 10.4 Å². The maximum Gasteiger partial charge on any atom is 0.234 e. The van der Waals surface area contributed by atoms with Gasteiger partial charge in [-0.3, -0.25) is 4.79 Å². The molecule has 0 radical (unpaired) electrons. The van der Waals surface area contributed by atoms with Gasteiger partial charge < -0.3 is 15.2 Å². The Labute approximate surface area is 120 Å². The van der Waals surface area contributed by atoms with Gasteiger partial charge in [0, 0.05) is 10.6 Å². The van der Waals surface area contributed by atoms with E-state index >= 15 is 0 Å². The monoisotopic (exact) mass is 286 g/mol. The second kappa shape index (κ2) is 6.77. The molecule has 2 aromatic carbocycles. The Balaban J connectivity index is 1.91. The average molecular weight is 286 g/mol. The molecule has 0 saturated heterocycles. The summed E-state index contributed by atoms with van der Waals surface area (Å²) in [7, 11) is 0. The van der Waals surface area contributed by atoms with E-state index in [-0.39, 0.29) is 17.2 Å². The molecule has 2 aromatic rings. The molecule has 0 saturated carbocycles. The van der Waals surface area contributed by atoms with Gasteiger partial charge in [0.25, 0.3) is 0 Å². The second-order valence-corrected chi connectivity index (χ2v) is 5.07. The van der Waals surface area contributed by atoms with Crippen LogP contribution in [0.5, 0.6) is 0 Å². The van der Waals surface area contributed by atoms with Gasteiger partial charge in [0.15, 0.2) is 0 Å². The molecule has 0 aromatic heterocycles. The largest absolute Gasteiger partial charge is 0.545 e. The molecule has 0 aliphatic heterocycles. The van der Waals surface area contributed by atoms with Crippen LogP contribution in [0.3, 0.4) is 0 Å². The molecule has 5 heteroatoms. The number of hydrogen-bond donors (Lipinski definition) is 1. The minimum absolute atomic E-state index is 0.0403. The number of carboxylic acid groups (broad SMARTS) is 1. The summed E-state index contributed by atoms with van der Waals surface area (Å²) in [5.41, 5.74) is 0.490. The molecule has 1 N–H and O–H groups in total. The van der Waals surface area contributed by atoms with Crippen molar-refractivity contribution in [2.45, 2.75) is 4.90 Å². The zero-order valence-corrected chi connectivity index (χ0v) is 11.4. The molecule has 0 aliphatic carbocycles. The number of rotatable bonds is 5. The van der Waals surface area contributed by atoms with Gasteiger partial charge in [-0.1, -0.05) is 30.3 Å². The van der Waals surface area contributed by atoms with Gasteiger partial charge in [-0.15, -0.1) is 11.8 Å². The Kier molecular flexibility index (Phi) is 4.79. The van der Waals surface area contributed by atoms with Gasteiger partial charge >= 0.3 is 0 Å². The summed E-state index contributed by atoms with van der Waals surface area (Å²) in [6.07, 6.45) is 0. The number of anilines is 1. The summed E-state index contributed by atoms with van der Waals surface area (Å²) in [5, 5.41) is 13.4. The molecule has 0 unspecified atom stereocenters. The highest BCUT2D eigenvalue weighted by molar-refractivity contribution is 8.00. The molecular weight excluding hydrogens is 274 g/mol. The number of benzene rings is 2. The zero-order valence-electron chi connectivity index (χ0n) is 10.5. The molecule has 0 heterocycles. The topological polar surface area (TPSA) is 69.2 Å². The van der Waals surface area contributed by atoms with E-state index in [0.29, 0.717) is 5.69 Å². The third kappa shape index (κ3) is 4.13. The zero-order chi connectivity index (χ0) is 14.4. The van der Waals surface area contributed by atoms with E-state index in [1.165, 1.54) is 23.9 Å². The predicted octanol–water partition coefficient (Wildman–Crippen LogP) is 1.78. The van der Waals surface area contributed by atoms with E-state index < -0.39 is 5.97 Å². The minimum Gasteiger partial charge on any atom is -0.545 e. The Hall–Kier alpha value is -2.27. The molecule has 0 atom stereocenters. The summed E-state index contributed by atoms with van der Waals surface area (Å²) in [6, 6.07) is 15.6. The molecule has 0 bridgehead atoms. The number of nitrogens with one attached hydrogen (secondary N) is 1. The Bertz CT molecular complexity index is 614. The lowest BCUT2D eigenvalue weighted by atomic mass is 10.2. The fourth-order valence-corrected chi connectivity index (χ4v) is 2.31. The highest BCUT2D eigenvalue weighted by Gasteiger charge is 2.04. The van der Waals surface area contributed by atoms with Crippen LogP contribution in [0.2, 0.25) is 0 Å². The summed E-state index contributed by atoms with van der Waals surface area (Å²) >= 11 is 1.42. The first-order valence-corrected chi connectivity index (χ1v) is 6.93. The number of carbonyl (C=O) groups is 2. The van der Waals surface area contributed by atoms with Crippen molar-refractivity contribution in [3.63, 3.8) is 0 Å². The predicted molar refractivity (Wildman–Crippen MR) is 76.6 cm³/mol. The van der Waals surface area contributed by atoms with Gasteiger partial charge in [0.05, 0.1) is 11.7 Å². The average Bonchev–Trinajstić information content (AvgIpc) is 2.46. The van der Waals surface area contributed by atoms with Crippen molar-refractivity contribution in [2.24, 2.45) is 0 Å². The number of aromatic carboxylic acids is 1. The maximum absolute atomic E-state index is 11.8. The summed E-state index contributed by atoms with van der Waals surface area (Å²) in [4.78, 5) is 23.5. The molecule has 2 rings (SSSR count). The number of carboxylic acids is 1. The van der Waals surface area contributed by atoms with Crippen molar-refractivity contribution in [3.8, 4) is 0 Å². The van der Waals surface area contributed by atoms with Crippen molar-refractivity contribution in [1.82, 2.24) is 0 Å². The molecular formula is C15H12NO3S-. The lowest BCUT2D eigenvalue weighted by Crippen LogP contribution is -2.22. The smallest absolute Gasteiger partial charge is 0.234 e. The fraction of sp³-hybridized carbons (Fsp3) is 0.0667. The van der Waals surface area contributed by atoms with Crippen molar-refractivity contribution in [2.75, 3.05) is 11.1 Å². The van der Waals surface area contributed by atoms with Gasteiger partial charge in [-0.25, -0.2) is 0 Å². The van der Waals surface area contributed by atoms with Gasteiger partial charge in [-0.2, -0.15) is 0 Å². The van der Waals surface area contributed by atoms with Crippen LogP contribution in [0.15, 0.2) is 59.5 Å². The molecule has 1 amide bonds. The second-order valence-electron chi connectivity index (χ2n) is 4.02. The van der Waals surface area contributed by atoms with Crippen LogP contribution < -0.4 is 10.4 Å². The van der Waals surface area contributed by atoms with E-state index in [2.05, 4.69) is 5.32 Å². The third-order valence-corrected chi connectivity index (χ3v) is 3.51.